The minimum Gasteiger partial charge on any atom is -0.477 e. The summed E-state index contributed by atoms with van der Waals surface area (Å²) in [6.45, 7) is 1.76. The smallest absolute Gasteiger partial charge is 0.352 e. The fraction of sp³-hybridized carbons (Fsp3) is 0.267. The Labute approximate surface area is 161 Å². The van der Waals surface area contributed by atoms with Crippen LogP contribution < -0.4 is 11.1 Å². The number of aliphatic carboxylic acids is 1. The van der Waals surface area contributed by atoms with Gasteiger partial charge in [0, 0.05) is 11.1 Å². The summed E-state index contributed by atoms with van der Waals surface area (Å²) in [6.07, 6.45) is 3.35. The third-order valence-corrected chi connectivity index (χ3v) is 5.91. The van der Waals surface area contributed by atoms with Crippen LogP contribution in [-0.4, -0.2) is 60.9 Å². The highest BCUT2D eigenvalue weighted by atomic mass is 32.2. The zero-order valence-corrected chi connectivity index (χ0v) is 15.6. The van der Waals surface area contributed by atoms with Crippen molar-refractivity contribution in [3.05, 3.63) is 34.5 Å². The summed E-state index contributed by atoms with van der Waals surface area (Å²) in [5.41, 5.74) is 5.66. The summed E-state index contributed by atoms with van der Waals surface area (Å²) in [5.74, 6) is -2.17. The van der Waals surface area contributed by atoms with Gasteiger partial charge in [0.1, 0.15) is 22.8 Å². The van der Waals surface area contributed by atoms with Gasteiger partial charge >= 0.3 is 5.97 Å². The van der Waals surface area contributed by atoms with Gasteiger partial charge in [-0.15, -0.1) is 23.1 Å². The van der Waals surface area contributed by atoms with Gasteiger partial charge in [0.25, 0.3) is 11.8 Å². The molecular formula is C15H15N5O5S2. The van der Waals surface area contributed by atoms with Gasteiger partial charge in [-0.25, -0.2) is 9.78 Å². The fourth-order valence-corrected chi connectivity index (χ4v) is 4.66. The number of rotatable bonds is 5. The molecule has 12 heteroatoms. The Morgan fingerprint density at radius 1 is 1.52 bits per heavy atom. The maximum absolute atomic E-state index is 12.5. The van der Waals surface area contributed by atoms with Crippen LogP contribution in [0.25, 0.3) is 0 Å². The molecule has 27 heavy (non-hydrogen) atoms. The van der Waals surface area contributed by atoms with Crippen molar-refractivity contribution in [2.24, 2.45) is 5.16 Å². The van der Waals surface area contributed by atoms with E-state index in [1.54, 1.807) is 19.1 Å². The van der Waals surface area contributed by atoms with Crippen molar-refractivity contribution in [2.45, 2.75) is 18.3 Å². The van der Waals surface area contributed by atoms with Crippen LogP contribution in [0.15, 0.2) is 34.0 Å². The first-order valence-corrected chi connectivity index (χ1v) is 9.60. The predicted octanol–water partition coefficient (Wildman–Crippen LogP) is 0.218. The molecule has 2 aliphatic heterocycles. The Balaban J connectivity index is 1.79. The number of carbonyl (C=O) groups is 3. The lowest BCUT2D eigenvalue weighted by Crippen LogP contribution is -2.71. The van der Waals surface area contributed by atoms with E-state index in [2.05, 4.69) is 15.5 Å². The summed E-state index contributed by atoms with van der Waals surface area (Å²) in [5, 5.41) is 25.1. The van der Waals surface area contributed by atoms with E-state index in [0.717, 1.165) is 16.2 Å². The van der Waals surface area contributed by atoms with Crippen LogP contribution in [0.3, 0.4) is 0 Å². The number of nitrogens with one attached hydrogen (secondary N) is 1. The zero-order valence-electron chi connectivity index (χ0n) is 13.9. The predicted molar refractivity (Wildman–Crippen MR) is 99.3 cm³/mol. The second kappa shape index (κ2) is 7.40. The largest absolute Gasteiger partial charge is 0.477 e. The normalized spacial score (nSPS) is 22.6. The number of nitrogens with zero attached hydrogens (tertiary/aromatic N) is 3. The molecule has 0 aromatic carbocycles. The molecular weight excluding hydrogens is 394 g/mol. The zero-order chi connectivity index (χ0) is 19.7. The molecule has 3 rings (SSSR count). The number of aromatic nitrogens is 1. The van der Waals surface area contributed by atoms with E-state index in [1.165, 1.54) is 17.1 Å². The molecule has 1 aromatic heterocycles. The van der Waals surface area contributed by atoms with Gasteiger partial charge in [-0.1, -0.05) is 17.3 Å². The number of hydrogen-bond acceptors (Lipinski definition) is 9. The van der Waals surface area contributed by atoms with Crippen LogP contribution >= 0.6 is 23.1 Å². The maximum Gasteiger partial charge on any atom is 0.352 e. The number of hydrogen-bond donors (Lipinski definition) is 4. The Morgan fingerprint density at radius 3 is 2.81 bits per heavy atom. The number of nitrogens with two attached hydrogens (primary N) is 1. The Morgan fingerprint density at radius 2 is 2.26 bits per heavy atom. The molecule has 10 nitrogen and oxygen atoms in total. The number of carboxylic acids is 1. The Hall–Kier alpha value is -2.86. The first kappa shape index (κ1) is 18.9. The molecule has 0 unspecified atom stereocenters. The Kier molecular flexibility index (Phi) is 5.19. The lowest BCUT2D eigenvalue weighted by Gasteiger charge is -2.49. The molecule has 2 atom stereocenters. The van der Waals surface area contributed by atoms with Crippen LogP contribution in [0.4, 0.5) is 5.13 Å². The number of carboxylic acid groups (broad SMARTS) is 1. The molecule has 3 heterocycles. The van der Waals surface area contributed by atoms with E-state index >= 15 is 0 Å². The van der Waals surface area contributed by atoms with Gasteiger partial charge in [0.05, 0.1) is 0 Å². The number of amides is 2. The number of thioether (sulfide) groups is 1. The lowest BCUT2D eigenvalue weighted by molar-refractivity contribution is -0.150. The van der Waals surface area contributed by atoms with Crippen molar-refractivity contribution < 1.29 is 24.7 Å². The fourth-order valence-electron chi connectivity index (χ4n) is 2.79. The van der Waals surface area contributed by atoms with Crippen molar-refractivity contribution in [1.29, 1.82) is 0 Å². The second-order valence-corrected chi connectivity index (χ2v) is 7.55. The molecule has 1 fully saturated rings. The lowest BCUT2D eigenvalue weighted by atomic mass is 10.0. The molecule has 1 aromatic rings. The topological polar surface area (TPSA) is 158 Å². The van der Waals surface area contributed by atoms with E-state index in [4.69, 9.17) is 10.9 Å². The van der Waals surface area contributed by atoms with Crippen LogP contribution in [-0.2, 0) is 14.4 Å². The summed E-state index contributed by atoms with van der Waals surface area (Å²) >= 11 is 2.41. The van der Waals surface area contributed by atoms with Gasteiger partial charge in [-0.05, 0) is 12.5 Å². The van der Waals surface area contributed by atoms with E-state index in [1.807, 2.05) is 0 Å². The molecule has 142 valence electrons. The van der Waals surface area contributed by atoms with Crippen molar-refractivity contribution in [3.63, 3.8) is 0 Å². The SMILES string of the molecule is C/C=C/C1=C(C(=O)O)N2C(=O)[C@@H](NC(=O)/C(=N\O)c3csc(N)n3)[C@@H]2SC1. The molecule has 2 aliphatic rings. The van der Waals surface area contributed by atoms with Crippen molar-refractivity contribution in [2.75, 3.05) is 11.5 Å². The number of thiazole rings is 1. The highest BCUT2D eigenvalue weighted by molar-refractivity contribution is 8.00. The van der Waals surface area contributed by atoms with Gasteiger partial charge < -0.3 is 21.4 Å². The molecule has 5 N–H and O–H groups in total. The number of β-lactam (4-membered cyclic amide) rings is 1. The monoisotopic (exact) mass is 409 g/mol. The van der Waals surface area contributed by atoms with Gasteiger partial charge in [-0.2, -0.15) is 0 Å². The second-order valence-electron chi connectivity index (χ2n) is 5.56. The molecule has 0 radical (unpaired) electrons. The summed E-state index contributed by atoms with van der Waals surface area (Å²) in [4.78, 5) is 41.5. The van der Waals surface area contributed by atoms with E-state index in [9.17, 15) is 19.5 Å². The number of oxime groups is 1. The first-order chi connectivity index (χ1) is 12.9. The number of anilines is 1. The van der Waals surface area contributed by atoms with E-state index in [-0.39, 0.29) is 22.2 Å². The Bertz CT molecular complexity index is 906. The highest BCUT2D eigenvalue weighted by Gasteiger charge is 2.54. The third kappa shape index (κ3) is 3.28. The molecule has 0 spiro atoms. The van der Waals surface area contributed by atoms with E-state index < -0.39 is 29.2 Å². The van der Waals surface area contributed by atoms with Gasteiger partial charge in [0.15, 0.2) is 10.8 Å². The minimum atomic E-state index is -1.21. The minimum absolute atomic E-state index is 0.0823. The average molecular weight is 409 g/mol. The van der Waals surface area contributed by atoms with Gasteiger partial charge in [-0.3, -0.25) is 14.5 Å². The van der Waals surface area contributed by atoms with E-state index in [0.29, 0.717) is 11.3 Å². The van der Waals surface area contributed by atoms with Crippen molar-refractivity contribution >= 4 is 51.7 Å². The number of carbonyl (C=O) groups excluding carboxylic acids is 2. The number of fused-ring (bicyclic) bond motifs is 1. The molecule has 0 aliphatic carbocycles. The third-order valence-electron chi connectivity index (χ3n) is 3.93. The van der Waals surface area contributed by atoms with Crippen LogP contribution in [0, 0.1) is 0 Å². The molecule has 0 saturated carbocycles. The summed E-state index contributed by atoms with van der Waals surface area (Å²) in [6, 6.07) is -0.934. The molecule has 0 bridgehead atoms. The molecule has 1 saturated heterocycles. The highest BCUT2D eigenvalue weighted by Crippen LogP contribution is 2.40. The van der Waals surface area contributed by atoms with Crippen LogP contribution in [0.1, 0.15) is 12.6 Å². The van der Waals surface area contributed by atoms with Crippen molar-refractivity contribution in [3.8, 4) is 0 Å². The maximum atomic E-state index is 12.5. The van der Waals surface area contributed by atoms with Crippen LogP contribution in [0.5, 0.6) is 0 Å². The molecule has 2 amide bonds. The average Bonchev–Trinajstić information content (AvgIpc) is 3.05. The first-order valence-electron chi connectivity index (χ1n) is 7.67. The summed E-state index contributed by atoms with van der Waals surface area (Å²) in [7, 11) is 0. The summed E-state index contributed by atoms with van der Waals surface area (Å²) < 4.78 is 0. The van der Waals surface area contributed by atoms with Gasteiger partial charge in [0.2, 0.25) is 0 Å². The quantitative estimate of drug-likeness (QED) is 0.233. The van der Waals surface area contributed by atoms with Crippen molar-refractivity contribution in [1.82, 2.24) is 15.2 Å². The van der Waals surface area contributed by atoms with Crippen LogP contribution in [0.2, 0.25) is 0 Å². The number of nitrogen functional groups attached to an aromatic ring is 1. The standard InChI is InChI=1S/C15H15N5O5S2/c1-2-3-6-4-26-13-9(12(22)20(13)10(6)14(23)24)18-11(21)8(19-25)7-5-27-15(16)17-7/h2-3,5,9,13,25H,4H2,1H3,(H2,16,17)(H,18,21)(H,23,24)/b3-2+,19-8-/t9-,13+/m1/s1. The number of allylic oxidation sites excluding steroid dienone is 2.